The molecule has 1 nitrogen and oxygen atoms in total. The normalized spacial score (nSPS) is 29.1. The molecule has 3 atom stereocenters. The molecule has 0 spiro atoms. The minimum Gasteiger partial charge on any atom is -0.382 e. The van der Waals surface area contributed by atoms with Crippen molar-refractivity contribution in [1.82, 2.24) is 0 Å². The van der Waals surface area contributed by atoms with Crippen LogP contribution < -0.4 is 5.32 Å². The largest absolute Gasteiger partial charge is 0.382 e. The van der Waals surface area contributed by atoms with Gasteiger partial charge in [0, 0.05) is 15.3 Å². The Morgan fingerprint density at radius 2 is 2.00 bits per heavy atom. The summed E-state index contributed by atoms with van der Waals surface area (Å²) >= 11 is 2.39. The highest BCUT2D eigenvalue weighted by atomic mass is 127. The van der Waals surface area contributed by atoms with Crippen LogP contribution in [0, 0.1) is 22.3 Å². The zero-order chi connectivity index (χ0) is 12.4. The maximum Gasteiger partial charge on any atom is 0.0382 e. The summed E-state index contributed by atoms with van der Waals surface area (Å²) in [5.74, 6) is 1.66. The summed E-state index contributed by atoms with van der Waals surface area (Å²) in [5, 5.41) is 3.77. The average Bonchev–Trinajstić information content (AvgIpc) is 2.28. The van der Waals surface area contributed by atoms with Gasteiger partial charge in [-0.25, -0.2) is 0 Å². The van der Waals surface area contributed by atoms with Crippen LogP contribution >= 0.6 is 22.6 Å². The third-order valence-corrected chi connectivity index (χ3v) is 4.67. The monoisotopic (exact) mass is 343 g/mol. The van der Waals surface area contributed by atoms with E-state index in [0.29, 0.717) is 6.04 Å². The highest BCUT2D eigenvalue weighted by molar-refractivity contribution is 14.1. The van der Waals surface area contributed by atoms with Gasteiger partial charge >= 0.3 is 0 Å². The average molecular weight is 343 g/mol. The van der Waals surface area contributed by atoms with Gasteiger partial charge in [0.15, 0.2) is 0 Å². The lowest BCUT2D eigenvalue weighted by molar-refractivity contribution is 0.280. The van der Waals surface area contributed by atoms with Crippen molar-refractivity contribution >= 4 is 28.3 Å². The first-order valence-electron chi connectivity index (χ1n) is 6.59. The third-order valence-electron chi connectivity index (χ3n) is 4.00. The van der Waals surface area contributed by atoms with Crippen LogP contribution in [0.2, 0.25) is 0 Å². The lowest BCUT2D eigenvalue weighted by Gasteiger charge is -2.34. The molecule has 3 unspecified atom stereocenters. The van der Waals surface area contributed by atoms with E-state index in [1.807, 2.05) is 0 Å². The molecule has 2 heteroatoms. The van der Waals surface area contributed by atoms with Crippen LogP contribution in [0.1, 0.15) is 38.7 Å². The Morgan fingerprint density at radius 3 is 2.76 bits per heavy atom. The second kappa shape index (κ2) is 5.59. The highest BCUT2D eigenvalue weighted by Gasteiger charge is 2.25. The SMILES string of the molecule is Cc1ccc(I)cc1NC1CC(C)CCC1C. The molecule has 1 N–H and O–H groups in total. The van der Waals surface area contributed by atoms with Crippen molar-refractivity contribution in [2.75, 3.05) is 5.32 Å². The second-order valence-electron chi connectivity index (χ2n) is 5.61. The van der Waals surface area contributed by atoms with Crippen LogP contribution in [0.3, 0.4) is 0 Å². The Labute approximate surface area is 119 Å². The van der Waals surface area contributed by atoms with Gasteiger partial charge in [0.05, 0.1) is 0 Å². The van der Waals surface area contributed by atoms with Gasteiger partial charge in [0.2, 0.25) is 0 Å². The van der Waals surface area contributed by atoms with E-state index in [0.717, 1.165) is 11.8 Å². The fourth-order valence-corrected chi connectivity index (χ4v) is 3.17. The van der Waals surface area contributed by atoms with E-state index in [4.69, 9.17) is 0 Å². The molecular weight excluding hydrogens is 321 g/mol. The van der Waals surface area contributed by atoms with E-state index in [-0.39, 0.29) is 0 Å². The van der Waals surface area contributed by atoms with Gasteiger partial charge in [0.1, 0.15) is 0 Å². The van der Waals surface area contributed by atoms with Gasteiger partial charge < -0.3 is 5.32 Å². The Balaban J connectivity index is 2.11. The quantitative estimate of drug-likeness (QED) is 0.758. The van der Waals surface area contributed by atoms with Crippen molar-refractivity contribution in [3.8, 4) is 0 Å². The molecule has 0 bridgehead atoms. The Morgan fingerprint density at radius 1 is 1.24 bits per heavy atom. The van der Waals surface area contributed by atoms with E-state index in [1.54, 1.807) is 0 Å². The Hall–Kier alpha value is -0.250. The summed E-state index contributed by atoms with van der Waals surface area (Å²) in [6.45, 7) is 6.95. The van der Waals surface area contributed by atoms with Crippen molar-refractivity contribution in [2.24, 2.45) is 11.8 Å². The van der Waals surface area contributed by atoms with Gasteiger partial charge in [-0.3, -0.25) is 0 Å². The van der Waals surface area contributed by atoms with E-state index in [1.165, 1.54) is 34.1 Å². The van der Waals surface area contributed by atoms with Crippen molar-refractivity contribution in [3.05, 3.63) is 27.3 Å². The first-order valence-corrected chi connectivity index (χ1v) is 7.67. The fourth-order valence-electron chi connectivity index (χ4n) is 2.68. The van der Waals surface area contributed by atoms with E-state index < -0.39 is 0 Å². The molecule has 2 rings (SSSR count). The number of hydrogen-bond donors (Lipinski definition) is 1. The molecule has 0 radical (unpaired) electrons. The minimum atomic E-state index is 0.649. The summed E-state index contributed by atoms with van der Waals surface area (Å²) in [5.41, 5.74) is 2.68. The van der Waals surface area contributed by atoms with Gasteiger partial charge in [-0.15, -0.1) is 0 Å². The number of nitrogens with one attached hydrogen (secondary N) is 1. The van der Waals surface area contributed by atoms with Gasteiger partial charge in [-0.1, -0.05) is 26.3 Å². The molecule has 1 aromatic carbocycles. The summed E-state index contributed by atoms with van der Waals surface area (Å²) in [7, 11) is 0. The van der Waals surface area contributed by atoms with Crippen LogP contribution in [0.25, 0.3) is 0 Å². The lowest BCUT2D eigenvalue weighted by Crippen LogP contribution is -2.33. The number of rotatable bonds is 2. The molecule has 0 aliphatic heterocycles. The molecule has 1 aliphatic carbocycles. The summed E-state index contributed by atoms with van der Waals surface area (Å²) in [6, 6.07) is 7.30. The Bertz CT molecular complexity index is 389. The maximum atomic E-state index is 3.77. The Kier molecular flexibility index (Phi) is 4.34. The van der Waals surface area contributed by atoms with Gasteiger partial charge in [0.25, 0.3) is 0 Å². The standard InChI is InChI=1S/C15H22IN/c1-10-4-5-11(2)14(8-10)17-15-9-13(16)7-6-12(15)3/h6-7,9-11,14,17H,4-5,8H2,1-3H3. The van der Waals surface area contributed by atoms with Crippen LogP contribution in [0.5, 0.6) is 0 Å². The first kappa shape index (κ1) is 13.2. The number of benzene rings is 1. The van der Waals surface area contributed by atoms with Crippen molar-refractivity contribution in [3.63, 3.8) is 0 Å². The zero-order valence-corrected chi connectivity index (χ0v) is 13.1. The molecule has 94 valence electrons. The smallest absolute Gasteiger partial charge is 0.0382 e. The molecule has 17 heavy (non-hydrogen) atoms. The van der Waals surface area contributed by atoms with E-state index in [9.17, 15) is 0 Å². The van der Waals surface area contributed by atoms with Crippen molar-refractivity contribution in [2.45, 2.75) is 46.1 Å². The summed E-state index contributed by atoms with van der Waals surface area (Å²) in [6.07, 6.45) is 4.07. The number of anilines is 1. The number of halogens is 1. The zero-order valence-electron chi connectivity index (χ0n) is 11.0. The molecular formula is C15H22IN. The second-order valence-corrected chi connectivity index (χ2v) is 6.85. The molecule has 1 aromatic rings. The van der Waals surface area contributed by atoms with Crippen molar-refractivity contribution in [1.29, 1.82) is 0 Å². The van der Waals surface area contributed by atoms with E-state index in [2.05, 4.69) is 66.9 Å². The van der Waals surface area contributed by atoms with Crippen LogP contribution in [0.15, 0.2) is 18.2 Å². The molecule has 0 saturated heterocycles. The fraction of sp³-hybridized carbons (Fsp3) is 0.600. The molecule has 1 fully saturated rings. The topological polar surface area (TPSA) is 12.0 Å². The van der Waals surface area contributed by atoms with E-state index >= 15 is 0 Å². The molecule has 1 aliphatic rings. The van der Waals surface area contributed by atoms with Gasteiger partial charge in [-0.2, -0.15) is 0 Å². The molecule has 0 amide bonds. The molecule has 0 heterocycles. The van der Waals surface area contributed by atoms with Crippen LogP contribution in [0.4, 0.5) is 5.69 Å². The van der Waals surface area contributed by atoms with Gasteiger partial charge in [-0.05, 0) is 71.9 Å². The first-order chi connectivity index (χ1) is 8.06. The number of hydrogen-bond acceptors (Lipinski definition) is 1. The predicted molar refractivity (Wildman–Crippen MR) is 83.5 cm³/mol. The third kappa shape index (κ3) is 3.36. The number of aryl methyl sites for hydroxylation is 1. The predicted octanol–water partition coefficient (Wildman–Crippen LogP) is 4.84. The van der Waals surface area contributed by atoms with Crippen LogP contribution in [-0.4, -0.2) is 6.04 Å². The summed E-state index contributed by atoms with van der Waals surface area (Å²) < 4.78 is 1.31. The molecule has 1 saturated carbocycles. The van der Waals surface area contributed by atoms with Crippen LogP contribution in [-0.2, 0) is 0 Å². The minimum absolute atomic E-state index is 0.649. The lowest BCUT2D eigenvalue weighted by atomic mass is 9.80. The highest BCUT2D eigenvalue weighted by Crippen LogP contribution is 2.31. The molecule has 0 aromatic heterocycles. The van der Waals surface area contributed by atoms with Crippen molar-refractivity contribution < 1.29 is 0 Å². The summed E-state index contributed by atoms with van der Waals surface area (Å²) in [4.78, 5) is 0. The maximum absolute atomic E-state index is 3.77.